The van der Waals surface area contributed by atoms with Crippen molar-refractivity contribution in [3.05, 3.63) is 69.1 Å². The molecule has 32 heavy (non-hydrogen) atoms. The van der Waals surface area contributed by atoms with Crippen molar-refractivity contribution in [2.45, 2.75) is 31.3 Å². The number of fused-ring (bicyclic) bond motifs is 3. The number of carbonyl (C=O) groups excluding carboxylic acids is 1. The van der Waals surface area contributed by atoms with E-state index >= 15 is 0 Å². The molecule has 3 aromatic heterocycles. The molecule has 0 atom stereocenters. The number of hydrogen-bond donors (Lipinski definition) is 0. The van der Waals surface area contributed by atoms with Crippen LogP contribution < -0.4 is 10.3 Å². The minimum Gasteiger partial charge on any atom is -0.494 e. The number of rotatable bonds is 7. The van der Waals surface area contributed by atoms with Crippen LogP contribution >= 0.6 is 23.1 Å². The Morgan fingerprint density at radius 1 is 1.22 bits per heavy atom. The van der Waals surface area contributed by atoms with Gasteiger partial charge in [0.05, 0.1) is 29.1 Å². The van der Waals surface area contributed by atoms with Crippen LogP contribution in [0, 0.1) is 0 Å². The van der Waals surface area contributed by atoms with E-state index in [1.807, 2.05) is 61.1 Å². The molecule has 0 radical (unpaired) electrons. The predicted molar refractivity (Wildman–Crippen MR) is 129 cm³/mol. The summed E-state index contributed by atoms with van der Waals surface area (Å²) in [6.07, 6.45) is 4.87. The van der Waals surface area contributed by atoms with E-state index in [-0.39, 0.29) is 17.1 Å². The highest BCUT2D eigenvalue weighted by atomic mass is 32.2. The first kappa shape index (κ1) is 21.0. The molecule has 164 valence electrons. The molecule has 0 aliphatic heterocycles. The minimum absolute atomic E-state index is 0.00348. The third-order valence-electron chi connectivity index (χ3n) is 5.68. The van der Waals surface area contributed by atoms with Crippen molar-refractivity contribution in [3.63, 3.8) is 0 Å². The normalized spacial score (nSPS) is 12.9. The summed E-state index contributed by atoms with van der Waals surface area (Å²) >= 11 is 2.92. The van der Waals surface area contributed by atoms with Crippen LogP contribution in [0.1, 0.15) is 34.3 Å². The van der Waals surface area contributed by atoms with Gasteiger partial charge in [0.15, 0.2) is 10.9 Å². The van der Waals surface area contributed by atoms with Crippen molar-refractivity contribution in [1.29, 1.82) is 0 Å². The van der Waals surface area contributed by atoms with Crippen molar-refractivity contribution < 1.29 is 9.53 Å². The number of hydrogen-bond acceptors (Lipinski definition) is 6. The number of benzene rings is 1. The van der Waals surface area contributed by atoms with Gasteiger partial charge in [-0.3, -0.25) is 14.2 Å². The molecule has 0 amide bonds. The summed E-state index contributed by atoms with van der Waals surface area (Å²) in [5.41, 5.74) is 2.45. The van der Waals surface area contributed by atoms with Crippen molar-refractivity contribution >= 4 is 39.1 Å². The number of thioether (sulfide) groups is 1. The number of ketones is 1. The maximum atomic E-state index is 13.7. The smallest absolute Gasteiger partial charge is 0.267 e. The number of ether oxygens (including phenoxy) is 1. The van der Waals surface area contributed by atoms with E-state index in [4.69, 9.17) is 9.72 Å². The zero-order chi connectivity index (χ0) is 22.2. The summed E-state index contributed by atoms with van der Waals surface area (Å²) in [4.78, 5) is 33.4. The molecule has 4 aromatic rings. The molecular formula is C24H23N3O3S2. The van der Waals surface area contributed by atoms with Crippen LogP contribution in [0.15, 0.2) is 52.5 Å². The lowest BCUT2D eigenvalue weighted by molar-refractivity contribution is 0.101. The topological polar surface area (TPSA) is 66.1 Å². The van der Waals surface area contributed by atoms with Gasteiger partial charge in [-0.1, -0.05) is 11.8 Å². The monoisotopic (exact) mass is 465 g/mol. The van der Waals surface area contributed by atoms with Gasteiger partial charge < -0.3 is 9.30 Å². The van der Waals surface area contributed by atoms with Gasteiger partial charge in [-0.15, -0.1) is 11.3 Å². The first-order valence-corrected chi connectivity index (χ1v) is 12.4. The average Bonchev–Trinajstić information content (AvgIpc) is 3.49. The molecule has 0 saturated carbocycles. The lowest BCUT2D eigenvalue weighted by Gasteiger charge is -2.13. The van der Waals surface area contributed by atoms with E-state index in [0.29, 0.717) is 17.5 Å². The molecule has 0 N–H and O–H groups in total. The zero-order valence-electron chi connectivity index (χ0n) is 18.0. The Hall–Kier alpha value is -2.84. The summed E-state index contributed by atoms with van der Waals surface area (Å²) in [7, 11) is 1.85. The minimum atomic E-state index is -0.0626. The average molecular weight is 466 g/mol. The highest BCUT2D eigenvalue weighted by Gasteiger charge is 2.24. The molecule has 6 nitrogen and oxygen atoms in total. The largest absolute Gasteiger partial charge is 0.494 e. The zero-order valence-corrected chi connectivity index (χ0v) is 19.6. The number of thiophene rings is 1. The quantitative estimate of drug-likeness (QED) is 0.226. The van der Waals surface area contributed by atoms with Crippen LogP contribution in [0.4, 0.5) is 0 Å². The molecular weight excluding hydrogens is 442 g/mol. The van der Waals surface area contributed by atoms with Crippen molar-refractivity contribution in [2.24, 2.45) is 7.05 Å². The standard InChI is InChI=1S/C24H23N3O3S2/c1-3-30-16-11-9-15(10-12-16)27-23(29)21-17-6-4-8-20(17)32-22(21)25-24(27)31-14-19(28)18-7-5-13-26(18)2/h5,7,9-13H,3-4,6,8,14H2,1-2H3. The summed E-state index contributed by atoms with van der Waals surface area (Å²) in [5.74, 6) is 0.962. The first-order valence-electron chi connectivity index (χ1n) is 10.6. The molecule has 1 aliphatic rings. The molecule has 0 fully saturated rings. The maximum Gasteiger partial charge on any atom is 0.267 e. The van der Waals surface area contributed by atoms with Crippen molar-refractivity contribution in [2.75, 3.05) is 12.4 Å². The number of carbonyl (C=O) groups is 1. The number of aromatic nitrogens is 3. The van der Waals surface area contributed by atoms with E-state index in [1.165, 1.54) is 16.6 Å². The maximum absolute atomic E-state index is 13.7. The second kappa shape index (κ2) is 8.60. The van der Waals surface area contributed by atoms with Gasteiger partial charge >= 0.3 is 0 Å². The van der Waals surface area contributed by atoms with Crippen LogP contribution in [-0.4, -0.2) is 32.3 Å². The van der Waals surface area contributed by atoms with Gasteiger partial charge in [0.1, 0.15) is 10.6 Å². The van der Waals surface area contributed by atoms with Gasteiger partial charge in [0.25, 0.3) is 5.56 Å². The van der Waals surface area contributed by atoms with Gasteiger partial charge in [-0.05, 0) is 68.1 Å². The second-order valence-electron chi connectivity index (χ2n) is 7.72. The molecule has 0 bridgehead atoms. The Morgan fingerprint density at radius 2 is 2.03 bits per heavy atom. The lowest BCUT2D eigenvalue weighted by Crippen LogP contribution is -2.22. The Morgan fingerprint density at radius 3 is 2.75 bits per heavy atom. The molecule has 3 heterocycles. The molecule has 0 saturated heterocycles. The Bertz CT molecular complexity index is 1370. The molecule has 0 spiro atoms. The summed E-state index contributed by atoms with van der Waals surface area (Å²) < 4.78 is 9.01. The van der Waals surface area contributed by atoms with E-state index < -0.39 is 0 Å². The molecule has 1 aliphatic carbocycles. The Balaban J connectivity index is 1.59. The fourth-order valence-electron chi connectivity index (χ4n) is 4.16. The highest BCUT2D eigenvalue weighted by molar-refractivity contribution is 7.99. The van der Waals surface area contributed by atoms with Crippen molar-refractivity contribution in [1.82, 2.24) is 14.1 Å². The van der Waals surface area contributed by atoms with E-state index in [9.17, 15) is 9.59 Å². The van der Waals surface area contributed by atoms with Crippen LogP contribution in [0.3, 0.4) is 0 Å². The molecule has 5 rings (SSSR count). The van der Waals surface area contributed by atoms with Crippen LogP contribution in [0.5, 0.6) is 5.75 Å². The van der Waals surface area contributed by atoms with Crippen LogP contribution in [0.25, 0.3) is 15.9 Å². The molecule has 0 unspecified atom stereocenters. The van der Waals surface area contributed by atoms with Gasteiger partial charge in [-0.25, -0.2) is 4.98 Å². The molecule has 1 aromatic carbocycles. The van der Waals surface area contributed by atoms with Gasteiger partial charge in [0.2, 0.25) is 0 Å². The predicted octanol–water partition coefficient (Wildman–Crippen LogP) is 4.65. The Kier molecular flexibility index (Phi) is 5.65. The van der Waals surface area contributed by atoms with E-state index in [1.54, 1.807) is 15.9 Å². The van der Waals surface area contributed by atoms with Crippen LogP contribution in [-0.2, 0) is 19.9 Å². The first-order chi connectivity index (χ1) is 15.6. The number of nitrogens with zero attached hydrogens (tertiary/aromatic N) is 3. The van der Waals surface area contributed by atoms with E-state index in [2.05, 4.69) is 0 Å². The van der Waals surface area contributed by atoms with Crippen molar-refractivity contribution in [3.8, 4) is 11.4 Å². The fraction of sp³-hybridized carbons (Fsp3) is 0.292. The highest BCUT2D eigenvalue weighted by Crippen LogP contribution is 2.36. The SMILES string of the molecule is CCOc1ccc(-n2c(SCC(=O)c3cccn3C)nc3sc4c(c3c2=O)CCC4)cc1. The second-order valence-corrected chi connectivity index (χ2v) is 9.74. The number of Topliss-reactive ketones (excluding diaryl/α,β-unsaturated/α-hetero) is 1. The van der Waals surface area contributed by atoms with E-state index in [0.717, 1.165) is 46.5 Å². The van der Waals surface area contributed by atoms with Gasteiger partial charge in [0, 0.05) is 18.1 Å². The summed E-state index contributed by atoms with van der Waals surface area (Å²) in [5, 5.41) is 1.27. The van der Waals surface area contributed by atoms with Crippen LogP contribution in [0.2, 0.25) is 0 Å². The fourth-order valence-corrected chi connectivity index (χ4v) is 6.35. The summed E-state index contributed by atoms with van der Waals surface area (Å²) in [6, 6.07) is 11.1. The number of aryl methyl sites for hydroxylation is 3. The molecule has 8 heteroatoms. The lowest BCUT2D eigenvalue weighted by atomic mass is 10.2. The Labute approximate surface area is 193 Å². The summed E-state index contributed by atoms with van der Waals surface area (Å²) in [6.45, 7) is 2.52. The van der Waals surface area contributed by atoms with Gasteiger partial charge in [-0.2, -0.15) is 0 Å². The third kappa shape index (κ3) is 3.67. The third-order valence-corrected chi connectivity index (χ3v) is 7.80.